The summed E-state index contributed by atoms with van der Waals surface area (Å²) in [5, 5.41) is 1.02. The summed E-state index contributed by atoms with van der Waals surface area (Å²) in [6.07, 6.45) is 1.52. The highest BCUT2D eigenvalue weighted by Crippen LogP contribution is 2.27. The van der Waals surface area contributed by atoms with Crippen LogP contribution in [0.15, 0.2) is 65.2 Å². The van der Waals surface area contributed by atoms with E-state index in [2.05, 4.69) is 9.97 Å². The fraction of sp³-hybridized carbons (Fsp3) is 0.150. The summed E-state index contributed by atoms with van der Waals surface area (Å²) in [5.41, 5.74) is 2.62. The maximum absolute atomic E-state index is 12.8. The van der Waals surface area contributed by atoms with Gasteiger partial charge in [0, 0.05) is 12.4 Å². The van der Waals surface area contributed by atoms with Crippen LogP contribution in [0.2, 0.25) is 0 Å². The fourth-order valence-electron chi connectivity index (χ4n) is 2.82. The van der Waals surface area contributed by atoms with E-state index in [0.29, 0.717) is 11.2 Å². The number of amides is 1. The van der Waals surface area contributed by atoms with Gasteiger partial charge in [0.1, 0.15) is 17.0 Å². The van der Waals surface area contributed by atoms with Gasteiger partial charge in [-0.15, -0.1) is 0 Å². The molecule has 4 aromatic rings. The molecule has 1 unspecified atom stereocenters. The van der Waals surface area contributed by atoms with Gasteiger partial charge in [-0.25, -0.2) is 4.98 Å². The zero-order valence-corrected chi connectivity index (χ0v) is 14.0. The number of hydrogen-bond acceptors (Lipinski definition) is 4. The van der Waals surface area contributed by atoms with Crippen LogP contribution in [-0.4, -0.2) is 27.8 Å². The molecule has 1 atom stereocenters. The van der Waals surface area contributed by atoms with Crippen molar-refractivity contribution in [3.8, 4) is 0 Å². The van der Waals surface area contributed by atoms with Gasteiger partial charge in [-0.1, -0.05) is 30.3 Å². The molecule has 0 bridgehead atoms. The van der Waals surface area contributed by atoms with Gasteiger partial charge in [0.15, 0.2) is 0 Å². The van der Waals surface area contributed by atoms with Crippen LogP contribution in [0.5, 0.6) is 0 Å². The zero-order valence-electron chi connectivity index (χ0n) is 14.0. The van der Waals surface area contributed by atoms with Crippen molar-refractivity contribution in [2.45, 2.75) is 13.0 Å². The predicted octanol–water partition coefficient (Wildman–Crippen LogP) is 4.21. The number of furan rings is 1. The summed E-state index contributed by atoms with van der Waals surface area (Å²) >= 11 is 0. The molecule has 0 fully saturated rings. The number of aromatic nitrogens is 2. The number of benzene rings is 2. The third kappa shape index (κ3) is 2.74. The second kappa shape index (κ2) is 6.02. The molecule has 1 amide bonds. The molecule has 124 valence electrons. The van der Waals surface area contributed by atoms with Crippen LogP contribution in [0, 0.1) is 0 Å². The highest BCUT2D eigenvalue weighted by molar-refractivity contribution is 5.94. The van der Waals surface area contributed by atoms with Crippen LogP contribution in [0.3, 0.4) is 0 Å². The summed E-state index contributed by atoms with van der Waals surface area (Å²) < 4.78 is 5.88. The Balaban J connectivity index is 1.63. The van der Waals surface area contributed by atoms with Crippen LogP contribution in [0.4, 0.5) is 0 Å². The lowest BCUT2D eigenvalue weighted by molar-refractivity contribution is 0.0721. The Kier molecular flexibility index (Phi) is 3.69. The fourth-order valence-corrected chi connectivity index (χ4v) is 2.82. The van der Waals surface area contributed by atoms with Crippen LogP contribution in [-0.2, 0) is 0 Å². The molecule has 4 rings (SSSR count). The summed E-state index contributed by atoms with van der Waals surface area (Å²) in [4.78, 5) is 23.2. The van der Waals surface area contributed by atoms with Gasteiger partial charge >= 0.3 is 0 Å². The number of fused-ring (bicyclic) bond motifs is 2. The van der Waals surface area contributed by atoms with E-state index in [0.717, 1.165) is 22.2 Å². The first-order chi connectivity index (χ1) is 12.1. The Bertz CT molecular complexity index is 1040. The lowest BCUT2D eigenvalue weighted by atomic mass is 10.2. The smallest absolute Gasteiger partial charge is 0.274 e. The van der Waals surface area contributed by atoms with E-state index in [1.54, 1.807) is 11.9 Å². The number of carbonyl (C=O) groups excluding carboxylic acids is 1. The van der Waals surface area contributed by atoms with Gasteiger partial charge in [-0.05, 0) is 31.2 Å². The molecule has 2 aromatic heterocycles. The zero-order chi connectivity index (χ0) is 17.4. The van der Waals surface area contributed by atoms with E-state index in [4.69, 9.17) is 4.42 Å². The third-order valence-electron chi connectivity index (χ3n) is 4.43. The molecular formula is C20H17N3O2. The largest absolute Gasteiger partial charge is 0.459 e. The Morgan fingerprint density at radius 2 is 1.80 bits per heavy atom. The molecule has 0 N–H and O–H groups in total. The lowest BCUT2D eigenvalue weighted by Gasteiger charge is -2.22. The van der Waals surface area contributed by atoms with Crippen LogP contribution in [0.25, 0.3) is 22.0 Å². The van der Waals surface area contributed by atoms with Gasteiger partial charge < -0.3 is 9.32 Å². The van der Waals surface area contributed by atoms with Crippen LogP contribution < -0.4 is 0 Å². The highest BCUT2D eigenvalue weighted by Gasteiger charge is 2.23. The Labute approximate surface area is 144 Å². The minimum absolute atomic E-state index is 0.189. The van der Waals surface area contributed by atoms with Crippen molar-refractivity contribution < 1.29 is 9.21 Å². The first-order valence-corrected chi connectivity index (χ1v) is 8.11. The minimum Gasteiger partial charge on any atom is -0.459 e. The van der Waals surface area contributed by atoms with Crippen molar-refractivity contribution in [2.75, 3.05) is 7.05 Å². The average molecular weight is 331 g/mol. The van der Waals surface area contributed by atoms with Crippen LogP contribution in [0.1, 0.15) is 29.2 Å². The molecule has 0 aliphatic carbocycles. The summed E-state index contributed by atoms with van der Waals surface area (Å²) in [6.45, 7) is 1.93. The summed E-state index contributed by atoms with van der Waals surface area (Å²) in [6, 6.07) is 17.1. The van der Waals surface area contributed by atoms with Gasteiger partial charge in [0.05, 0.1) is 23.3 Å². The molecule has 0 radical (unpaired) electrons. The Morgan fingerprint density at radius 3 is 2.60 bits per heavy atom. The number of hydrogen-bond donors (Lipinski definition) is 0. The van der Waals surface area contributed by atoms with E-state index in [9.17, 15) is 4.79 Å². The van der Waals surface area contributed by atoms with Gasteiger partial charge in [0.25, 0.3) is 5.91 Å². The molecule has 0 saturated heterocycles. The van der Waals surface area contributed by atoms with Crippen molar-refractivity contribution >= 4 is 27.9 Å². The van der Waals surface area contributed by atoms with Gasteiger partial charge in [-0.2, -0.15) is 0 Å². The predicted molar refractivity (Wildman–Crippen MR) is 96.3 cm³/mol. The number of para-hydroxylation sites is 3. The van der Waals surface area contributed by atoms with Crippen molar-refractivity contribution in [1.29, 1.82) is 0 Å². The summed E-state index contributed by atoms with van der Waals surface area (Å²) in [5.74, 6) is 0.553. The molecule has 5 nitrogen and oxygen atoms in total. The molecule has 2 aromatic carbocycles. The standard InChI is InChI=1S/C20H17N3O2/c1-13(19-11-14-7-3-6-10-18(14)25-19)23(2)20(24)17-12-21-15-8-4-5-9-16(15)22-17/h3-13H,1-2H3. The second-order valence-electron chi connectivity index (χ2n) is 6.02. The maximum Gasteiger partial charge on any atom is 0.274 e. The molecular weight excluding hydrogens is 314 g/mol. The van der Waals surface area contributed by atoms with E-state index in [1.807, 2.05) is 61.5 Å². The normalized spacial score (nSPS) is 12.4. The second-order valence-corrected chi connectivity index (χ2v) is 6.02. The van der Waals surface area contributed by atoms with Gasteiger partial charge in [0.2, 0.25) is 0 Å². The van der Waals surface area contributed by atoms with Crippen molar-refractivity contribution in [1.82, 2.24) is 14.9 Å². The monoisotopic (exact) mass is 331 g/mol. The quantitative estimate of drug-likeness (QED) is 0.564. The third-order valence-corrected chi connectivity index (χ3v) is 4.43. The van der Waals surface area contributed by atoms with E-state index in [-0.39, 0.29) is 11.9 Å². The Hall–Kier alpha value is -3.21. The maximum atomic E-state index is 12.8. The minimum atomic E-state index is -0.215. The number of carbonyl (C=O) groups is 1. The number of rotatable bonds is 3. The molecule has 2 heterocycles. The molecule has 0 saturated carbocycles. The van der Waals surface area contributed by atoms with Crippen molar-refractivity contribution in [3.05, 3.63) is 72.2 Å². The Morgan fingerprint density at radius 1 is 1.08 bits per heavy atom. The lowest BCUT2D eigenvalue weighted by Crippen LogP contribution is -2.30. The molecule has 0 aliphatic heterocycles. The first-order valence-electron chi connectivity index (χ1n) is 8.11. The topological polar surface area (TPSA) is 59.2 Å². The van der Waals surface area contributed by atoms with E-state index in [1.165, 1.54) is 6.20 Å². The van der Waals surface area contributed by atoms with Crippen molar-refractivity contribution in [3.63, 3.8) is 0 Å². The number of nitrogens with zero attached hydrogens (tertiary/aromatic N) is 3. The summed E-state index contributed by atoms with van der Waals surface area (Å²) in [7, 11) is 1.75. The van der Waals surface area contributed by atoms with Crippen LogP contribution >= 0.6 is 0 Å². The molecule has 5 heteroatoms. The molecule has 0 aliphatic rings. The van der Waals surface area contributed by atoms with E-state index < -0.39 is 0 Å². The first kappa shape index (κ1) is 15.3. The average Bonchev–Trinajstić information content (AvgIpc) is 3.10. The van der Waals surface area contributed by atoms with Gasteiger partial charge in [-0.3, -0.25) is 9.78 Å². The molecule has 0 spiro atoms. The van der Waals surface area contributed by atoms with Crippen molar-refractivity contribution in [2.24, 2.45) is 0 Å². The van der Waals surface area contributed by atoms with E-state index >= 15 is 0 Å². The SMILES string of the molecule is CC(c1cc2ccccc2o1)N(C)C(=O)c1cnc2ccccc2n1. The highest BCUT2D eigenvalue weighted by atomic mass is 16.3. The molecule has 25 heavy (non-hydrogen) atoms.